The number of ether oxygens (including phenoxy) is 10. The van der Waals surface area contributed by atoms with Crippen LogP contribution in [0.4, 0.5) is 0 Å². The number of rotatable bonds is 13. The van der Waals surface area contributed by atoms with Gasteiger partial charge in [-0.2, -0.15) is 24.5 Å². The molecule has 25 nitrogen and oxygen atoms in total. The number of carbonyl (C=O) groups excluding carboxylic acids is 8. The van der Waals surface area contributed by atoms with E-state index in [9.17, 15) is 43.2 Å². The average Bonchev–Trinajstić information content (AvgIpc) is 3.71. The van der Waals surface area contributed by atoms with Crippen LogP contribution in [-0.4, -0.2) is 139 Å². The SMILES string of the molecule is CC(=O)OC[C@H]1O[C@@H](n2ncnc2-n2cnn([C@@H]3O[C@H](COC(C)=O)[C@@H](OC(C)=O)[C@H](OC(C)=O)[C@H]3OC(C)=O)c2=O)[C@H](OC(C)=O)[C@@H](OC(C)=O)[C@@H]1OC(C)=O. The number of aromatic nitrogens is 6. The Kier molecular flexibility index (Phi) is 14.2. The zero-order valence-electron chi connectivity index (χ0n) is 31.8. The van der Waals surface area contributed by atoms with E-state index in [1.807, 2.05) is 0 Å². The molecular weight excluding hydrogens is 772 g/mol. The minimum Gasteiger partial charge on any atom is -0.463 e. The second-order valence-corrected chi connectivity index (χ2v) is 12.4. The van der Waals surface area contributed by atoms with Crippen LogP contribution in [0.3, 0.4) is 0 Å². The van der Waals surface area contributed by atoms with E-state index >= 15 is 0 Å². The van der Waals surface area contributed by atoms with Gasteiger partial charge in [0.25, 0.3) is 0 Å². The van der Waals surface area contributed by atoms with Crippen LogP contribution < -0.4 is 5.69 Å². The Morgan fingerprint density at radius 2 is 0.895 bits per heavy atom. The van der Waals surface area contributed by atoms with Crippen molar-refractivity contribution in [2.75, 3.05) is 13.2 Å². The van der Waals surface area contributed by atoms with Crippen molar-refractivity contribution < 1.29 is 85.7 Å². The Labute approximate surface area is 321 Å². The van der Waals surface area contributed by atoms with Crippen LogP contribution in [0.25, 0.3) is 5.95 Å². The second kappa shape index (κ2) is 18.6. The minimum absolute atomic E-state index is 0.391. The van der Waals surface area contributed by atoms with Gasteiger partial charge in [0.1, 0.15) is 38.1 Å². The van der Waals surface area contributed by atoms with Gasteiger partial charge >= 0.3 is 53.4 Å². The summed E-state index contributed by atoms with van der Waals surface area (Å²) in [6.07, 6.45) is -14.0. The van der Waals surface area contributed by atoms with E-state index < -0.39 is 134 Å². The lowest BCUT2D eigenvalue weighted by Gasteiger charge is -2.44. The van der Waals surface area contributed by atoms with Crippen LogP contribution in [0, 0.1) is 0 Å². The lowest BCUT2D eigenvalue weighted by molar-refractivity contribution is -0.271. The van der Waals surface area contributed by atoms with Gasteiger partial charge in [0.15, 0.2) is 49.1 Å². The number of esters is 8. The first-order chi connectivity index (χ1) is 26.8. The number of hydrogen-bond acceptors (Lipinski definition) is 22. The molecule has 57 heavy (non-hydrogen) atoms. The lowest BCUT2D eigenvalue weighted by atomic mass is 9.97. The van der Waals surface area contributed by atoms with Crippen molar-refractivity contribution in [3.05, 3.63) is 23.1 Å². The summed E-state index contributed by atoms with van der Waals surface area (Å²) in [6.45, 7) is 7.17. The third-order valence-electron chi connectivity index (χ3n) is 7.88. The fourth-order valence-electron chi connectivity index (χ4n) is 6.03. The number of carbonyl (C=O) groups is 8. The van der Waals surface area contributed by atoms with Crippen molar-refractivity contribution in [1.82, 2.24) is 29.1 Å². The predicted octanol–water partition coefficient (Wildman–Crippen LogP) is -1.86. The second-order valence-electron chi connectivity index (χ2n) is 12.4. The summed E-state index contributed by atoms with van der Waals surface area (Å²) in [5, 5.41) is 8.24. The van der Waals surface area contributed by atoms with Crippen LogP contribution in [-0.2, 0) is 85.7 Å². The van der Waals surface area contributed by atoms with E-state index in [4.69, 9.17) is 47.4 Å². The quantitative estimate of drug-likeness (QED) is 0.158. The van der Waals surface area contributed by atoms with Crippen LogP contribution in [0.15, 0.2) is 17.4 Å². The van der Waals surface area contributed by atoms with E-state index in [2.05, 4.69) is 15.2 Å². The van der Waals surface area contributed by atoms with Crippen molar-refractivity contribution in [3.63, 3.8) is 0 Å². The zero-order valence-corrected chi connectivity index (χ0v) is 31.8. The van der Waals surface area contributed by atoms with Crippen molar-refractivity contribution in [2.24, 2.45) is 0 Å². The molecule has 0 radical (unpaired) electrons. The Morgan fingerprint density at radius 1 is 0.526 bits per heavy atom. The summed E-state index contributed by atoms with van der Waals surface area (Å²) in [5.74, 6) is -7.34. The Balaban J connectivity index is 1.86. The maximum Gasteiger partial charge on any atom is 0.355 e. The zero-order chi connectivity index (χ0) is 42.3. The molecule has 4 rings (SSSR count). The third-order valence-corrected chi connectivity index (χ3v) is 7.88. The lowest BCUT2D eigenvalue weighted by Crippen LogP contribution is -2.61. The summed E-state index contributed by atoms with van der Waals surface area (Å²) in [7, 11) is 0. The fourth-order valence-corrected chi connectivity index (χ4v) is 6.03. The van der Waals surface area contributed by atoms with Gasteiger partial charge in [0.2, 0.25) is 5.95 Å². The highest BCUT2D eigenvalue weighted by Crippen LogP contribution is 2.36. The van der Waals surface area contributed by atoms with Gasteiger partial charge in [-0.3, -0.25) is 38.4 Å². The van der Waals surface area contributed by atoms with Crippen LogP contribution in [0.1, 0.15) is 67.8 Å². The smallest absolute Gasteiger partial charge is 0.355 e. The molecule has 2 aliphatic heterocycles. The highest BCUT2D eigenvalue weighted by atomic mass is 16.7. The Bertz CT molecular complexity index is 1920. The fraction of sp³-hybridized carbons (Fsp3) is 0.625. The Morgan fingerprint density at radius 3 is 1.28 bits per heavy atom. The number of nitrogens with zero attached hydrogens (tertiary/aromatic N) is 6. The summed E-state index contributed by atoms with van der Waals surface area (Å²) < 4.78 is 57.4. The van der Waals surface area contributed by atoms with Gasteiger partial charge < -0.3 is 47.4 Å². The topological polar surface area (TPSA) is 299 Å². The molecule has 10 atom stereocenters. The largest absolute Gasteiger partial charge is 0.463 e. The van der Waals surface area contributed by atoms with Crippen LogP contribution >= 0.6 is 0 Å². The summed E-state index contributed by atoms with van der Waals surface area (Å²) in [4.78, 5) is 116. The normalized spacial score (nSPS) is 26.9. The summed E-state index contributed by atoms with van der Waals surface area (Å²) in [5.41, 5.74) is -1.09. The molecule has 2 aliphatic rings. The van der Waals surface area contributed by atoms with Gasteiger partial charge in [-0.1, -0.05) is 0 Å². The molecule has 0 unspecified atom stereocenters. The minimum atomic E-state index is -1.76. The molecule has 2 aromatic rings. The van der Waals surface area contributed by atoms with Crippen LogP contribution in [0.2, 0.25) is 0 Å². The van der Waals surface area contributed by atoms with Gasteiger partial charge in [0, 0.05) is 55.4 Å². The van der Waals surface area contributed by atoms with E-state index in [-0.39, 0.29) is 0 Å². The molecule has 0 bridgehead atoms. The van der Waals surface area contributed by atoms with Crippen molar-refractivity contribution >= 4 is 47.8 Å². The van der Waals surface area contributed by atoms with Crippen molar-refractivity contribution in [1.29, 1.82) is 0 Å². The summed E-state index contributed by atoms with van der Waals surface area (Å²) >= 11 is 0. The van der Waals surface area contributed by atoms with Gasteiger partial charge in [0.05, 0.1) is 0 Å². The highest BCUT2D eigenvalue weighted by Gasteiger charge is 2.55. The first-order valence-electron chi connectivity index (χ1n) is 17.0. The molecule has 2 aromatic heterocycles. The first-order valence-corrected chi connectivity index (χ1v) is 17.0. The molecule has 2 fully saturated rings. The van der Waals surface area contributed by atoms with Gasteiger partial charge in [-0.25, -0.2) is 9.36 Å². The average molecular weight is 813 g/mol. The Hall–Kier alpha value is -6.24. The molecule has 0 N–H and O–H groups in total. The van der Waals surface area contributed by atoms with Gasteiger partial charge in [-0.15, -0.1) is 0 Å². The van der Waals surface area contributed by atoms with E-state index in [0.717, 1.165) is 77.3 Å². The molecule has 2 saturated heterocycles. The third kappa shape index (κ3) is 10.7. The highest BCUT2D eigenvalue weighted by molar-refractivity contribution is 5.70. The molecule has 0 saturated carbocycles. The molecule has 312 valence electrons. The van der Waals surface area contributed by atoms with Crippen molar-refractivity contribution in [3.8, 4) is 5.95 Å². The number of hydrogen-bond donors (Lipinski definition) is 0. The van der Waals surface area contributed by atoms with E-state index in [1.165, 1.54) is 0 Å². The molecule has 0 spiro atoms. The first kappa shape index (κ1) is 43.5. The molecule has 0 amide bonds. The monoisotopic (exact) mass is 812 g/mol. The summed E-state index contributed by atoms with van der Waals surface area (Å²) in [6, 6.07) is 0. The van der Waals surface area contributed by atoms with Crippen LogP contribution in [0.5, 0.6) is 0 Å². The van der Waals surface area contributed by atoms with Gasteiger partial charge in [-0.05, 0) is 0 Å². The van der Waals surface area contributed by atoms with E-state index in [1.54, 1.807) is 0 Å². The molecular formula is C32H40N6O19. The molecule has 25 heteroatoms. The van der Waals surface area contributed by atoms with Crippen molar-refractivity contribution in [2.45, 2.75) is 117 Å². The molecule has 0 aromatic carbocycles. The molecule has 4 heterocycles. The maximum atomic E-state index is 14.3. The van der Waals surface area contributed by atoms with E-state index in [0.29, 0.717) is 4.68 Å². The maximum absolute atomic E-state index is 14.3. The standard InChI is InChI=1S/C32H40N6O19/c1-13(39)48-9-21-23(50-15(3)41)25(52-17(5)43)27(54-19(7)45)29(56-21)37-31(33-11-34-37)36-12-35-38(32(36)47)30-28(55-20(8)46)26(53-18(6)44)24(51-16(4)42)22(57-30)10-49-14(2)40/h11-12,21-30H,9-10H2,1-8H3/t21-,22-,23-,24-,25+,26+,27-,28-,29-,30-/m1/s1. The predicted molar refractivity (Wildman–Crippen MR) is 176 cm³/mol. The molecule has 0 aliphatic carbocycles.